The minimum atomic E-state index is 0.176. The average Bonchev–Trinajstić information content (AvgIpc) is 3.31. The van der Waals surface area contributed by atoms with Crippen molar-refractivity contribution in [1.82, 2.24) is 30.7 Å². The highest BCUT2D eigenvalue weighted by molar-refractivity contribution is 5.77. The van der Waals surface area contributed by atoms with Crippen LogP contribution in [0.4, 0.5) is 5.82 Å². The van der Waals surface area contributed by atoms with E-state index in [2.05, 4.69) is 67.1 Å². The molecule has 3 aromatic heterocycles. The summed E-state index contributed by atoms with van der Waals surface area (Å²) < 4.78 is 0. The lowest BCUT2D eigenvalue weighted by Gasteiger charge is -2.30. The van der Waals surface area contributed by atoms with E-state index in [1.165, 1.54) is 36.8 Å². The Kier molecular flexibility index (Phi) is 6.07. The quantitative estimate of drug-likeness (QED) is 0.409. The van der Waals surface area contributed by atoms with Crippen LogP contribution in [0.25, 0.3) is 11.2 Å². The molecule has 32 heavy (non-hydrogen) atoms. The van der Waals surface area contributed by atoms with Crippen molar-refractivity contribution in [3.63, 3.8) is 0 Å². The Morgan fingerprint density at radius 1 is 1.03 bits per heavy atom. The van der Waals surface area contributed by atoms with Gasteiger partial charge in [-0.3, -0.25) is 4.98 Å². The maximum absolute atomic E-state index is 6.10. The third kappa shape index (κ3) is 4.48. The lowest BCUT2D eigenvalue weighted by molar-refractivity contribution is 0.340. The number of nitrogens with two attached hydrogens (primary N) is 1. The number of nitrogens with one attached hydrogen (secondary N) is 2. The monoisotopic (exact) mass is 427 g/mol. The van der Waals surface area contributed by atoms with Crippen molar-refractivity contribution in [2.75, 3.05) is 12.3 Å². The minimum absolute atomic E-state index is 0.176. The molecule has 7 heteroatoms. The second-order valence-electron chi connectivity index (χ2n) is 8.68. The minimum Gasteiger partial charge on any atom is -0.384 e. The van der Waals surface area contributed by atoms with Gasteiger partial charge in [0.2, 0.25) is 0 Å². The summed E-state index contributed by atoms with van der Waals surface area (Å²) in [5, 5.41) is 14.9. The van der Waals surface area contributed by atoms with E-state index in [0.717, 1.165) is 24.0 Å². The maximum atomic E-state index is 6.10. The Labute approximate surface area is 187 Å². The molecule has 0 saturated heterocycles. The third-order valence-corrected chi connectivity index (χ3v) is 6.70. The zero-order chi connectivity index (χ0) is 21.8. The summed E-state index contributed by atoms with van der Waals surface area (Å²) in [5.41, 5.74) is 11.3. The van der Waals surface area contributed by atoms with Crippen LogP contribution in [0.5, 0.6) is 0 Å². The van der Waals surface area contributed by atoms with Gasteiger partial charge >= 0.3 is 0 Å². The summed E-state index contributed by atoms with van der Waals surface area (Å²) in [6.45, 7) is 0.936. The number of fused-ring (bicyclic) bond motifs is 1. The number of aromatic nitrogens is 5. The van der Waals surface area contributed by atoms with Gasteiger partial charge in [0.05, 0.1) is 0 Å². The van der Waals surface area contributed by atoms with Crippen molar-refractivity contribution in [3.05, 3.63) is 77.6 Å². The number of anilines is 1. The second kappa shape index (κ2) is 9.44. The molecule has 0 amide bonds. The molecule has 4 N–H and O–H groups in total. The van der Waals surface area contributed by atoms with Crippen molar-refractivity contribution < 1.29 is 0 Å². The largest absolute Gasteiger partial charge is 0.384 e. The zero-order valence-electron chi connectivity index (χ0n) is 18.1. The summed E-state index contributed by atoms with van der Waals surface area (Å²) in [4.78, 5) is 8.48. The lowest BCUT2D eigenvalue weighted by atomic mass is 9.82. The molecule has 5 rings (SSSR count). The fraction of sp³-hybridized carbons (Fsp3) is 0.360. The predicted octanol–water partition coefficient (Wildman–Crippen LogP) is 4.17. The highest BCUT2D eigenvalue weighted by Crippen LogP contribution is 2.34. The van der Waals surface area contributed by atoms with Gasteiger partial charge in [-0.25, -0.2) is 10.1 Å². The number of pyridine rings is 2. The van der Waals surface area contributed by atoms with E-state index in [-0.39, 0.29) is 5.92 Å². The first-order valence-corrected chi connectivity index (χ1v) is 11.4. The number of hydrogen-bond acceptors (Lipinski definition) is 6. The first-order chi connectivity index (χ1) is 15.8. The van der Waals surface area contributed by atoms with Gasteiger partial charge in [0.1, 0.15) is 11.3 Å². The van der Waals surface area contributed by atoms with Crippen molar-refractivity contribution in [2.45, 2.75) is 50.0 Å². The van der Waals surface area contributed by atoms with E-state index in [1.54, 1.807) is 0 Å². The van der Waals surface area contributed by atoms with Crippen LogP contribution in [0.1, 0.15) is 60.6 Å². The van der Waals surface area contributed by atoms with Crippen LogP contribution in [0.2, 0.25) is 0 Å². The van der Waals surface area contributed by atoms with Crippen LogP contribution in [0, 0.1) is 0 Å². The average molecular weight is 428 g/mol. The molecule has 4 aromatic rings. The van der Waals surface area contributed by atoms with Crippen LogP contribution >= 0.6 is 0 Å². The molecule has 1 aliphatic rings. The molecule has 1 saturated carbocycles. The van der Waals surface area contributed by atoms with Crippen LogP contribution < -0.4 is 11.1 Å². The summed E-state index contributed by atoms with van der Waals surface area (Å²) in [6.07, 6.45) is 9.63. The van der Waals surface area contributed by atoms with Crippen molar-refractivity contribution in [2.24, 2.45) is 0 Å². The number of benzene rings is 1. The molecule has 0 aliphatic heterocycles. The van der Waals surface area contributed by atoms with E-state index in [0.29, 0.717) is 23.4 Å². The molecule has 0 radical (unpaired) electrons. The van der Waals surface area contributed by atoms with Gasteiger partial charge < -0.3 is 11.1 Å². The first kappa shape index (κ1) is 20.6. The van der Waals surface area contributed by atoms with E-state index in [4.69, 9.17) is 5.73 Å². The second-order valence-corrected chi connectivity index (χ2v) is 8.68. The van der Waals surface area contributed by atoms with Crippen molar-refractivity contribution >= 4 is 17.0 Å². The number of aromatic amines is 1. The van der Waals surface area contributed by atoms with E-state index in [1.807, 2.05) is 24.5 Å². The molecule has 1 atom stereocenters. The van der Waals surface area contributed by atoms with E-state index >= 15 is 0 Å². The van der Waals surface area contributed by atoms with Gasteiger partial charge in [-0.05, 0) is 79.5 Å². The molecule has 164 valence electrons. The van der Waals surface area contributed by atoms with Crippen LogP contribution in [-0.2, 0) is 0 Å². The topological polar surface area (TPSA) is 105 Å². The van der Waals surface area contributed by atoms with Crippen molar-refractivity contribution in [3.8, 4) is 0 Å². The Balaban J connectivity index is 1.26. The van der Waals surface area contributed by atoms with Gasteiger partial charge in [0.25, 0.3) is 0 Å². The molecule has 0 spiro atoms. The van der Waals surface area contributed by atoms with Crippen LogP contribution in [0.3, 0.4) is 0 Å². The summed E-state index contributed by atoms with van der Waals surface area (Å²) in [5.74, 6) is 1.32. The Morgan fingerprint density at radius 2 is 1.81 bits per heavy atom. The summed E-state index contributed by atoms with van der Waals surface area (Å²) in [7, 11) is 0. The fourth-order valence-corrected chi connectivity index (χ4v) is 5.04. The smallest absolute Gasteiger partial charge is 0.178 e. The lowest BCUT2D eigenvalue weighted by Crippen LogP contribution is -2.34. The van der Waals surface area contributed by atoms with E-state index < -0.39 is 0 Å². The van der Waals surface area contributed by atoms with Crippen LogP contribution in [0.15, 0.2) is 60.9 Å². The number of nitrogens with zero attached hydrogens (tertiary/aromatic N) is 4. The highest BCUT2D eigenvalue weighted by Gasteiger charge is 2.24. The summed E-state index contributed by atoms with van der Waals surface area (Å²) >= 11 is 0. The zero-order valence-corrected chi connectivity index (χ0v) is 18.1. The predicted molar refractivity (Wildman–Crippen MR) is 126 cm³/mol. The van der Waals surface area contributed by atoms with Gasteiger partial charge in [-0.2, -0.15) is 0 Å². The molecular weight excluding hydrogens is 398 g/mol. The SMILES string of the molecule is Nc1cc(C(CCN[C@H]2CC[C@@H](c3ccncc3)CC2)c2ccccc2)c2nn[nH]c2n1. The van der Waals surface area contributed by atoms with E-state index in [9.17, 15) is 0 Å². The van der Waals surface area contributed by atoms with Gasteiger partial charge in [-0.15, -0.1) is 5.10 Å². The summed E-state index contributed by atoms with van der Waals surface area (Å²) in [6, 6.07) is 17.4. The number of rotatable bonds is 7. The highest BCUT2D eigenvalue weighted by atomic mass is 15.3. The molecular formula is C25H29N7. The number of H-pyrrole nitrogens is 1. The maximum Gasteiger partial charge on any atom is 0.178 e. The molecule has 0 bridgehead atoms. The third-order valence-electron chi connectivity index (χ3n) is 6.70. The number of hydrogen-bond donors (Lipinski definition) is 3. The molecule has 1 unspecified atom stereocenters. The van der Waals surface area contributed by atoms with Gasteiger partial charge in [0, 0.05) is 24.4 Å². The Morgan fingerprint density at radius 3 is 2.59 bits per heavy atom. The van der Waals surface area contributed by atoms with Gasteiger partial charge in [-0.1, -0.05) is 35.5 Å². The molecule has 1 aliphatic carbocycles. The molecule has 7 nitrogen and oxygen atoms in total. The molecule has 1 fully saturated rings. The fourth-order valence-electron chi connectivity index (χ4n) is 5.04. The number of nitrogen functional groups attached to an aromatic ring is 1. The van der Waals surface area contributed by atoms with Crippen molar-refractivity contribution in [1.29, 1.82) is 0 Å². The molecule has 3 heterocycles. The Bertz CT molecular complexity index is 1130. The standard InChI is InChI=1S/C25H29N7/c26-23-16-22(24-25(29-23)31-32-30-24)21(19-4-2-1-3-5-19)12-15-28-20-8-6-17(7-9-20)18-10-13-27-14-11-18/h1-5,10-11,13-14,16-17,20-21,28H,6-9,12,15H2,(H3,26,29,30,31,32)/t17-,20+,21?. The first-order valence-electron chi connectivity index (χ1n) is 11.4. The Hall–Kier alpha value is -3.32. The molecule has 1 aromatic carbocycles. The van der Waals surface area contributed by atoms with Gasteiger partial charge in [0.15, 0.2) is 5.65 Å². The normalized spacial score (nSPS) is 19.8. The van der Waals surface area contributed by atoms with Crippen LogP contribution in [-0.4, -0.2) is 38.0 Å².